The SMILES string of the molecule is O=C(c1ccc2cc[nH]c2c1)N1CCCC(CN2CC(Oc3ccccc3)C2)C1. The van der Waals surface area contributed by atoms with Crippen LogP contribution in [0, 0.1) is 5.92 Å². The molecule has 0 bridgehead atoms. The molecule has 2 aromatic carbocycles. The number of nitrogens with one attached hydrogen (secondary N) is 1. The van der Waals surface area contributed by atoms with Gasteiger partial charge in [0.25, 0.3) is 5.91 Å². The van der Waals surface area contributed by atoms with Crippen molar-refractivity contribution in [1.82, 2.24) is 14.8 Å². The van der Waals surface area contributed by atoms with Crippen LogP contribution in [0.3, 0.4) is 0 Å². The maximum Gasteiger partial charge on any atom is 0.253 e. The molecular formula is C24H27N3O2. The van der Waals surface area contributed by atoms with Crippen LogP contribution in [0.5, 0.6) is 5.75 Å². The fourth-order valence-electron chi connectivity index (χ4n) is 4.56. The summed E-state index contributed by atoms with van der Waals surface area (Å²) in [6.45, 7) is 4.71. The Kier molecular flexibility index (Phi) is 4.98. The number of aromatic nitrogens is 1. The fourth-order valence-corrected chi connectivity index (χ4v) is 4.56. The van der Waals surface area contributed by atoms with E-state index < -0.39 is 0 Å². The molecule has 3 aromatic rings. The first-order valence-corrected chi connectivity index (χ1v) is 10.5. The van der Waals surface area contributed by atoms with Crippen molar-refractivity contribution in [3.63, 3.8) is 0 Å². The van der Waals surface area contributed by atoms with Crippen LogP contribution in [0.1, 0.15) is 23.2 Å². The number of hydrogen-bond donors (Lipinski definition) is 1. The van der Waals surface area contributed by atoms with Gasteiger partial charge in [-0.05, 0) is 54.5 Å². The van der Waals surface area contributed by atoms with Crippen LogP contribution in [-0.2, 0) is 0 Å². The lowest BCUT2D eigenvalue weighted by atomic mass is 9.95. The summed E-state index contributed by atoms with van der Waals surface area (Å²) in [6.07, 6.45) is 4.47. The minimum absolute atomic E-state index is 0.153. The van der Waals surface area contributed by atoms with E-state index in [1.165, 1.54) is 6.42 Å². The van der Waals surface area contributed by atoms with Gasteiger partial charge in [0.2, 0.25) is 0 Å². The van der Waals surface area contributed by atoms with Gasteiger partial charge >= 0.3 is 0 Å². The molecule has 2 aliphatic rings. The first-order chi connectivity index (χ1) is 14.2. The molecule has 0 saturated carbocycles. The molecule has 3 heterocycles. The molecule has 0 aliphatic carbocycles. The highest BCUT2D eigenvalue weighted by Crippen LogP contribution is 2.24. The van der Waals surface area contributed by atoms with Gasteiger partial charge in [-0.1, -0.05) is 24.3 Å². The number of carbonyl (C=O) groups excluding carboxylic acids is 1. The quantitative estimate of drug-likeness (QED) is 0.722. The molecule has 1 N–H and O–H groups in total. The average Bonchev–Trinajstić information content (AvgIpc) is 3.20. The van der Waals surface area contributed by atoms with Crippen LogP contribution in [-0.4, -0.2) is 59.5 Å². The number of fused-ring (bicyclic) bond motifs is 1. The molecule has 0 radical (unpaired) electrons. The van der Waals surface area contributed by atoms with E-state index in [9.17, 15) is 4.79 Å². The summed E-state index contributed by atoms with van der Waals surface area (Å²) in [6, 6.07) is 18.0. The van der Waals surface area contributed by atoms with Crippen LogP contribution in [0.4, 0.5) is 0 Å². The molecule has 2 saturated heterocycles. The largest absolute Gasteiger partial charge is 0.488 e. The molecule has 1 amide bonds. The third-order valence-corrected chi connectivity index (χ3v) is 6.09. The number of amides is 1. The van der Waals surface area contributed by atoms with Gasteiger partial charge in [0, 0.05) is 50.0 Å². The number of hydrogen-bond acceptors (Lipinski definition) is 3. The number of ether oxygens (including phenoxy) is 1. The zero-order valence-corrected chi connectivity index (χ0v) is 16.6. The second-order valence-electron chi connectivity index (χ2n) is 8.31. The van der Waals surface area contributed by atoms with E-state index in [1.54, 1.807) is 0 Å². The maximum absolute atomic E-state index is 13.0. The van der Waals surface area contributed by atoms with E-state index in [4.69, 9.17) is 4.74 Å². The van der Waals surface area contributed by atoms with Crippen molar-refractivity contribution in [3.05, 3.63) is 66.4 Å². The number of carbonyl (C=O) groups is 1. The Balaban J connectivity index is 1.14. The minimum Gasteiger partial charge on any atom is -0.488 e. The molecular weight excluding hydrogens is 362 g/mol. The summed E-state index contributed by atoms with van der Waals surface area (Å²) in [7, 11) is 0. The maximum atomic E-state index is 13.0. The monoisotopic (exact) mass is 389 g/mol. The molecule has 2 aliphatic heterocycles. The number of benzene rings is 2. The number of rotatable bonds is 5. The number of nitrogens with zero attached hydrogens (tertiary/aromatic N) is 2. The van der Waals surface area contributed by atoms with Crippen molar-refractivity contribution >= 4 is 16.8 Å². The molecule has 1 atom stereocenters. The molecule has 5 nitrogen and oxygen atoms in total. The van der Waals surface area contributed by atoms with Gasteiger partial charge in [-0.2, -0.15) is 0 Å². The van der Waals surface area contributed by atoms with Crippen molar-refractivity contribution < 1.29 is 9.53 Å². The molecule has 1 unspecified atom stereocenters. The Labute approximate surface area is 171 Å². The summed E-state index contributed by atoms with van der Waals surface area (Å²) in [5.74, 6) is 1.64. The standard InChI is InChI=1S/C24H27N3O2/c28-24(20-9-8-19-10-11-25-23(19)13-20)27-12-4-5-18(15-27)14-26-16-22(17-26)29-21-6-2-1-3-7-21/h1-3,6-11,13,18,22,25H,4-5,12,14-17H2. The third-order valence-electron chi connectivity index (χ3n) is 6.09. The molecule has 0 spiro atoms. The topological polar surface area (TPSA) is 48.6 Å². The zero-order valence-electron chi connectivity index (χ0n) is 16.6. The number of likely N-dealkylation sites (tertiary alicyclic amines) is 2. The first-order valence-electron chi connectivity index (χ1n) is 10.5. The second-order valence-corrected chi connectivity index (χ2v) is 8.31. The van der Waals surface area contributed by atoms with Gasteiger partial charge in [0.15, 0.2) is 0 Å². The van der Waals surface area contributed by atoms with Crippen LogP contribution >= 0.6 is 0 Å². The summed E-state index contributed by atoms with van der Waals surface area (Å²) >= 11 is 0. The Morgan fingerprint density at radius 2 is 1.93 bits per heavy atom. The van der Waals surface area contributed by atoms with Gasteiger partial charge in [0.05, 0.1) is 0 Å². The molecule has 5 rings (SSSR count). The minimum atomic E-state index is 0.153. The van der Waals surface area contributed by atoms with Crippen LogP contribution in [0.2, 0.25) is 0 Å². The van der Waals surface area contributed by atoms with Gasteiger partial charge in [0.1, 0.15) is 11.9 Å². The van der Waals surface area contributed by atoms with Crippen molar-refractivity contribution in [2.75, 3.05) is 32.7 Å². The summed E-state index contributed by atoms with van der Waals surface area (Å²) < 4.78 is 6.01. The smallest absolute Gasteiger partial charge is 0.253 e. The number of piperidine rings is 1. The Hall–Kier alpha value is -2.79. The summed E-state index contributed by atoms with van der Waals surface area (Å²) in [5, 5.41) is 1.14. The lowest BCUT2D eigenvalue weighted by Crippen LogP contribution is -2.56. The van der Waals surface area contributed by atoms with Crippen LogP contribution in [0.15, 0.2) is 60.8 Å². The summed E-state index contributed by atoms with van der Waals surface area (Å²) in [4.78, 5) is 20.7. The number of para-hydroxylation sites is 1. The van der Waals surface area contributed by atoms with Gasteiger partial charge in [-0.15, -0.1) is 0 Å². The van der Waals surface area contributed by atoms with Crippen molar-refractivity contribution in [2.45, 2.75) is 18.9 Å². The van der Waals surface area contributed by atoms with Crippen molar-refractivity contribution in [3.8, 4) is 5.75 Å². The van der Waals surface area contributed by atoms with Crippen LogP contribution in [0.25, 0.3) is 10.9 Å². The van der Waals surface area contributed by atoms with E-state index in [0.717, 1.165) is 61.4 Å². The lowest BCUT2D eigenvalue weighted by Gasteiger charge is -2.42. The van der Waals surface area contributed by atoms with E-state index in [1.807, 2.05) is 65.7 Å². The van der Waals surface area contributed by atoms with Crippen LogP contribution < -0.4 is 4.74 Å². The fraction of sp³-hybridized carbons (Fsp3) is 0.375. The first kappa shape index (κ1) is 18.3. The predicted octanol–water partition coefficient (Wildman–Crippen LogP) is 3.78. The van der Waals surface area contributed by atoms with Gasteiger partial charge in [-0.3, -0.25) is 9.69 Å². The Morgan fingerprint density at radius 3 is 2.79 bits per heavy atom. The highest BCUT2D eigenvalue weighted by atomic mass is 16.5. The molecule has 2 fully saturated rings. The Bertz CT molecular complexity index is 978. The molecule has 150 valence electrons. The van der Waals surface area contributed by atoms with Crippen molar-refractivity contribution in [1.29, 1.82) is 0 Å². The van der Waals surface area contributed by atoms with E-state index >= 15 is 0 Å². The molecule has 1 aromatic heterocycles. The number of aromatic amines is 1. The highest BCUT2D eigenvalue weighted by Gasteiger charge is 2.32. The Morgan fingerprint density at radius 1 is 1.07 bits per heavy atom. The van der Waals surface area contributed by atoms with E-state index in [2.05, 4.69) is 9.88 Å². The van der Waals surface area contributed by atoms with Gasteiger partial charge < -0.3 is 14.6 Å². The average molecular weight is 389 g/mol. The normalized spacial score (nSPS) is 20.6. The second kappa shape index (κ2) is 7.91. The molecule has 29 heavy (non-hydrogen) atoms. The van der Waals surface area contributed by atoms with Gasteiger partial charge in [-0.25, -0.2) is 0 Å². The van der Waals surface area contributed by atoms with Crippen molar-refractivity contribution in [2.24, 2.45) is 5.92 Å². The zero-order chi connectivity index (χ0) is 19.6. The molecule has 5 heteroatoms. The summed E-state index contributed by atoms with van der Waals surface area (Å²) in [5.41, 5.74) is 1.80. The highest BCUT2D eigenvalue weighted by molar-refractivity contribution is 5.98. The predicted molar refractivity (Wildman–Crippen MR) is 114 cm³/mol. The van der Waals surface area contributed by atoms with E-state index in [-0.39, 0.29) is 12.0 Å². The lowest BCUT2D eigenvalue weighted by molar-refractivity contribution is 0.00185. The van der Waals surface area contributed by atoms with E-state index in [0.29, 0.717) is 5.92 Å². The number of H-pyrrole nitrogens is 1. The third kappa shape index (κ3) is 4.01.